The summed E-state index contributed by atoms with van der Waals surface area (Å²) in [4.78, 5) is 23.6. The van der Waals surface area contributed by atoms with Crippen molar-refractivity contribution in [2.24, 2.45) is 0 Å². The molecule has 0 atom stereocenters. The standard InChI is InChI=1S/C15H11Br2NO3/c1-8-5-11(15(20)21)13(12(17)6-8)18-14(19)9-3-2-4-10(16)7-9/h2-7H,1H3,(H,18,19)(H,20,21). The predicted octanol–water partition coefficient (Wildman–Crippen LogP) is 4.47. The number of rotatable bonds is 3. The van der Waals surface area contributed by atoms with Crippen LogP contribution in [0.4, 0.5) is 5.69 Å². The molecule has 108 valence electrons. The smallest absolute Gasteiger partial charge is 0.337 e. The Morgan fingerprint density at radius 2 is 1.86 bits per heavy atom. The van der Waals surface area contributed by atoms with Gasteiger partial charge in [0.25, 0.3) is 5.91 Å². The van der Waals surface area contributed by atoms with E-state index in [0.29, 0.717) is 10.0 Å². The third kappa shape index (κ3) is 3.71. The van der Waals surface area contributed by atoms with Gasteiger partial charge in [0.2, 0.25) is 0 Å². The summed E-state index contributed by atoms with van der Waals surface area (Å²) in [7, 11) is 0. The van der Waals surface area contributed by atoms with Crippen LogP contribution in [0.15, 0.2) is 45.3 Å². The largest absolute Gasteiger partial charge is 0.478 e. The zero-order chi connectivity index (χ0) is 15.6. The van der Waals surface area contributed by atoms with E-state index in [9.17, 15) is 14.7 Å². The minimum Gasteiger partial charge on any atom is -0.478 e. The van der Waals surface area contributed by atoms with E-state index in [1.165, 1.54) is 6.07 Å². The minimum atomic E-state index is -1.09. The molecule has 0 aliphatic heterocycles. The monoisotopic (exact) mass is 411 g/mol. The SMILES string of the molecule is Cc1cc(Br)c(NC(=O)c2cccc(Br)c2)c(C(=O)O)c1. The van der Waals surface area contributed by atoms with Gasteiger partial charge >= 0.3 is 5.97 Å². The molecule has 0 bridgehead atoms. The molecule has 0 saturated carbocycles. The Morgan fingerprint density at radius 1 is 1.14 bits per heavy atom. The number of carboxylic acids is 1. The van der Waals surface area contributed by atoms with Crippen molar-refractivity contribution in [1.82, 2.24) is 0 Å². The number of carbonyl (C=O) groups is 2. The summed E-state index contributed by atoms with van der Waals surface area (Å²) >= 11 is 6.59. The molecule has 0 fully saturated rings. The summed E-state index contributed by atoms with van der Waals surface area (Å²) in [6, 6.07) is 10.1. The van der Waals surface area contributed by atoms with Crippen LogP contribution in [0, 0.1) is 6.92 Å². The lowest BCUT2D eigenvalue weighted by molar-refractivity contribution is 0.0698. The highest BCUT2D eigenvalue weighted by Crippen LogP contribution is 2.29. The highest BCUT2D eigenvalue weighted by molar-refractivity contribution is 9.10. The molecular weight excluding hydrogens is 402 g/mol. The van der Waals surface area contributed by atoms with Gasteiger partial charge in [-0.2, -0.15) is 0 Å². The molecule has 0 radical (unpaired) electrons. The molecule has 0 aliphatic rings. The Balaban J connectivity index is 2.39. The first-order chi connectivity index (χ1) is 9.88. The first-order valence-corrected chi connectivity index (χ1v) is 7.57. The van der Waals surface area contributed by atoms with E-state index < -0.39 is 5.97 Å². The second-order valence-electron chi connectivity index (χ2n) is 4.44. The molecule has 0 saturated heterocycles. The maximum atomic E-state index is 12.2. The van der Waals surface area contributed by atoms with Gasteiger partial charge < -0.3 is 10.4 Å². The molecule has 2 aromatic carbocycles. The predicted molar refractivity (Wildman–Crippen MR) is 87.9 cm³/mol. The number of hydrogen-bond donors (Lipinski definition) is 2. The highest BCUT2D eigenvalue weighted by Gasteiger charge is 2.17. The molecule has 0 aliphatic carbocycles. The van der Waals surface area contributed by atoms with Crippen LogP contribution in [0.1, 0.15) is 26.3 Å². The third-order valence-corrected chi connectivity index (χ3v) is 3.91. The number of nitrogens with one attached hydrogen (secondary N) is 1. The Hall–Kier alpha value is -1.66. The van der Waals surface area contributed by atoms with Gasteiger partial charge in [-0.25, -0.2) is 4.79 Å². The van der Waals surface area contributed by atoms with Gasteiger partial charge in [0.1, 0.15) is 0 Å². The van der Waals surface area contributed by atoms with Crippen LogP contribution in [0.2, 0.25) is 0 Å². The molecular formula is C15H11Br2NO3. The van der Waals surface area contributed by atoms with Gasteiger partial charge in [-0.1, -0.05) is 22.0 Å². The lowest BCUT2D eigenvalue weighted by Gasteiger charge is -2.12. The molecule has 0 unspecified atom stereocenters. The fraction of sp³-hybridized carbons (Fsp3) is 0.0667. The number of benzene rings is 2. The van der Waals surface area contributed by atoms with Crippen LogP contribution >= 0.6 is 31.9 Å². The summed E-state index contributed by atoms with van der Waals surface area (Å²) in [5, 5.41) is 11.9. The van der Waals surface area contributed by atoms with E-state index in [1.807, 2.05) is 0 Å². The van der Waals surface area contributed by atoms with E-state index >= 15 is 0 Å². The number of anilines is 1. The average molecular weight is 413 g/mol. The van der Waals surface area contributed by atoms with E-state index in [0.717, 1.165) is 10.0 Å². The van der Waals surface area contributed by atoms with Crippen molar-refractivity contribution >= 4 is 49.4 Å². The van der Waals surface area contributed by atoms with E-state index in [4.69, 9.17) is 0 Å². The number of carbonyl (C=O) groups excluding carboxylic acids is 1. The molecule has 2 rings (SSSR count). The van der Waals surface area contributed by atoms with Crippen molar-refractivity contribution in [3.63, 3.8) is 0 Å². The van der Waals surface area contributed by atoms with Crippen LogP contribution in [0.3, 0.4) is 0 Å². The maximum absolute atomic E-state index is 12.2. The van der Waals surface area contributed by atoms with E-state index in [-0.39, 0.29) is 17.2 Å². The van der Waals surface area contributed by atoms with Gasteiger partial charge in [0, 0.05) is 14.5 Å². The highest BCUT2D eigenvalue weighted by atomic mass is 79.9. The number of hydrogen-bond acceptors (Lipinski definition) is 2. The Bertz CT molecular complexity index is 729. The Kier molecular flexibility index (Phi) is 4.80. The number of carboxylic acid groups (broad SMARTS) is 1. The number of aromatic carboxylic acids is 1. The number of amides is 1. The fourth-order valence-corrected chi connectivity index (χ4v) is 2.93. The third-order valence-electron chi connectivity index (χ3n) is 2.79. The lowest BCUT2D eigenvalue weighted by Crippen LogP contribution is -2.15. The molecule has 2 aromatic rings. The molecule has 1 amide bonds. The van der Waals surface area contributed by atoms with Crippen molar-refractivity contribution in [1.29, 1.82) is 0 Å². The summed E-state index contributed by atoms with van der Waals surface area (Å²) in [5.74, 6) is -1.47. The zero-order valence-corrected chi connectivity index (χ0v) is 14.2. The van der Waals surface area contributed by atoms with Crippen LogP contribution in [0.5, 0.6) is 0 Å². The van der Waals surface area contributed by atoms with Crippen LogP contribution in [0.25, 0.3) is 0 Å². The van der Waals surface area contributed by atoms with E-state index in [2.05, 4.69) is 37.2 Å². The van der Waals surface area contributed by atoms with E-state index in [1.54, 1.807) is 37.3 Å². The molecule has 21 heavy (non-hydrogen) atoms. The van der Waals surface area contributed by atoms with Crippen LogP contribution in [-0.4, -0.2) is 17.0 Å². The Labute approximate surface area is 138 Å². The Morgan fingerprint density at radius 3 is 2.48 bits per heavy atom. The molecule has 0 aromatic heterocycles. The van der Waals surface area contributed by atoms with Crippen molar-refractivity contribution in [2.75, 3.05) is 5.32 Å². The van der Waals surface area contributed by atoms with Crippen molar-refractivity contribution in [3.8, 4) is 0 Å². The summed E-state index contributed by atoms with van der Waals surface area (Å²) < 4.78 is 1.31. The van der Waals surface area contributed by atoms with Crippen LogP contribution < -0.4 is 5.32 Å². The molecule has 0 heterocycles. The maximum Gasteiger partial charge on any atom is 0.337 e. The summed E-state index contributed by atoms with van der Waals surface area (Å²) in [6.07, 6.45) is 0. The molecule has 6 heteroatoms. The van der Waals surface area contributed by atoms with Gasteiger partial charge in [-0.15, -0.1) is 0 Å². The quantitative estimate of drug-likeness (QED) is 0.781. The number of aryl methyl sites for hydroxylation is 1. The summed E-state index contributed by atoms with van der Waals surface area (Å²) in [5.41, 5.74) is 1.52. The average Bonchev–Trinajstić information content (AvgIpc) is 2.41. The second kappa shape index (κ2) is 6.41. The van der Waals surface area contributed by atoms with Gasteiger partial charge in [-0.05, 0) is 58.7 Å². The summed E-state index contributed by atoms with van der Waals surface area (Å²) in [6.45, 7) is 1.79. The first-order valence-electron chi connectivity index (χ1n) is 5.99. The normalized spacial score (nSPS) is 10.2. The van der Waals surface area contributed by atoms with Gasteiger partial charge in [0.15, 0.2) is 0 Å². The zero-order valence-electron chi connectivity index (χ0n) is 11.0. The molecule has 4 nitrogen and oxygen atoms in total. The lowest BCUT2D eigenvalue weighted by atomic mass is 10.1. The molecule has 0 spiro atoms. The fourth-order valence-electron chi connectivity index (χ4n) is 1.85. The topological polar surface area (TPSA) is 66.4 Å². The minimum absolute atomic E-state index is 0.0465. The van der Waals surface area contributed by atoms with Crippen molar-refractivity contribution < 1.29 is 14.7 Å². The van der Waals surface area contributed by atoms with Gasteiger partial charge in [0.05, 0.1) is 11.3 Å². The second-order valence-corrected chi connectivity index (χ2v) is 6.21. The molecule has 2 N–H and O–H groups in total. The van der Waals surface area contributed by atoms with Crippen molar-refractivity contribution in [3.05, 3.63) is 62.0 Å². The van der Waals surface area contributed by atoms with Crippen LogP contribution in [-0.2, 0) is 0 Å². The first kappa shape index (κ1) is 15.7. The van der Waals surface area contributed by atoms with Gasteiger partial charge in [-0.3, -0.25) is 4.79 Å². The van der Waals surface area contributed by atoms with Crippen molar-refractivity contribution in [2.45, 2.75) is 6.92 Å². The number of halogens is 2.